The third-order valence-corrected chi connectivity index (χ3v) is 10.6. The molecule has 10 aromatic rings. The Labute approximate surface area is 332 Å². The molecule has 268 valence electrons. The Kier molecular flexibility index (Phi) is 8.82. The van der Waals surface area contributed by atoms with Crippen LogP contribution in [0.3, 0.4) is 0 Å². The van der Waals surface area contributed by atoms with Crippen LogP contribution in [0.4, 0.5) is 0 Å². The van der Waals surface area contributed by atoms with Crippen molar-refractivity contribution in [2.24, 2.45) is 0 Å². The van der Waals surface area contributed by atoms with Crippen LogP contribution in [0.25, 0.3) is 94.6 Å². The van der Waals surface area contributed by atoms with Gasteiger partial charge in [0.15, 0.2) is 0 Å². The fourth-order valence-corrected chi connectivity index (χ4v) is 7.53. The summed E-state index contributed by atoms with van der Waals surface area (Å²) in [6, 6.07) is 72.9. The van der Waals surface area contributed by atoms with Crippen LogP contribution < -0.4 is 0 Å². The molecule has 0 amide bonds. The van der Waals surface area contributed by atoms with Crippen molar-refractivity contribution in [3.8, 4) is 83.6 Å². The van der Waals surface area contributed by atoms with Crippen LogP contribution in [0.5, 0.6) is 0 Å². The smallest absolute Gasteiger partial charge is 0.121 e. The van der Waals surface area contributed by atoms with E-state index < -0.39 is 0 Å². The number of pyridine rings is 1. The summed E-state index contributed by atoms with van der Waals surface area (Å²) in [6.07, 6.45) is 3.67. The number of aromatic nitrogens is 4. The van der Waals surface area contributed by atoms with E-state index in [4.69, 9.17) is 10.2 Å². The summed E-state index contributed by atoms with van der Waals surface area (Å²) in [5.41, 5.74) is 18.5. The van der Waals surface area contributed by atoms with Gasteiger partial charge >= 0.3 is 0 Å². The lowest BCUT2D eigenvalue weighted by atomic mass is 9.94. The summed E-state index contributed by atoms with van der Waals surface area (Å²) in [4.78, 5) is 6.08. The second-order valence-electron chi connectivity index (χ2n) is 14.2. The molecule has 2 heterocycles. The second-order valence-corrected chi connectivity index (χ2v) is 14.2. The van der Waals surface area contributed by atoms with E-state index in [-0.39, 0.29) is 0 Å². The van der Waals surface area contributed by atoms with Gasteiger partial charge in [0, 0.05) is 23.5 Å². The van der Waals surface area contributed by atoms with Gasteiger partial charge in [0.1, 0.15) is 11.0 Å². The Hall–Kier alpha value is -7.69. The van der Waals surface area contributed by atoms with Gasteiger partial charge in [-0.1, -0.05) is 176 Å². The van der Waals surface area contributed by atoms with Gasteiger partial charge in [-0.3, -0.25) is 4.98 Å². The molecule has 0 radical (unpaired) electrons. The van der Waals surface area contributed by atoms with E-state index in [1.165, 1.54) is 38.9 Å². The SMILES string of the molecule is c1ccc(-c2ccc(-c3ccc(-c4cc(-c5ccc(-c6ccc(-c7ccccc7)cc6)cc5)c5nn(-c6cccc(-c7cccnc7)c6)nc5c4)cc3)cc2)cc1. The third kappa shape index (κ3) is 6.93. The van der Waals surface area contributed by atoms with Crippen LogP contribution in [0.15, 0.2) is 219 Å². The van der Waals surface area contributed by atoms with Crippen molar-refractivity contribution in [2.75, 3.05) is 0 Å². The zero-order chi connectivity index (χ0) is 38.0. The highest BCUT2D eigenvalue weighted by atomic mass is 15.5. The molecule has 8 aromatic carbocycles. The van der Waals surface area contributed by atoms with Crippen LogP contribution in [0.1, 0.15) is 0 Å². The number of benzene rings is 8. The minimum Gasteiger partial charge on any atom is -0.264 e. The summed E-state index contributed by atoms with van der Waals surface area (Å²) in [5, 5.41) is 10.2. The fourth-order valence-electron chi connectivity index (χ4n) is 7.53. The third-order valence-electron chi connectivity index (χ3n) is 10.6. The average molecular weight is 729 g/mol. The molecule has 4 nitrogen and oxygen atoms in total. The highest BCUT2D eigenvalue weighted by Crippen LogP contribution is 2.36. The maximum atomic E-state index is 5.12. The molecular weight excluding hydrogens is 693 g/mol. The van der Waals surface area contributed by atoms with E-state index in [0.717, 1.165) is 55.7 Å². The molecule has 57 heavy (non-hydrogen) atoms. The molecule has 10 rings (SSSR count). The zero-order valence-electron chi connectivity index (χ0n) is 31.1. The van der Waals surface area contributed by atoms with Gasteiger partial charge in [-0.05, 0) is 97.1 Å². The first kappa shape index (κ1) is 33.8. The molecular formula is C53H36N4. The molecule has 0 N–H and O–H groups in total. The standard InChI is InChI=1S/C53H36N4/c1-3-9-37(10-4-1)39-16-20-41(21-17-39)43-24-26-45(27-25-43)49-34-51(46-30-28-44(29-31-46)42-22-18-40(19-23-42)38-11-5-2-6-12-38)53-52(35-49)55-57(56-53)50-15-7-13-47(33-50)48-14-8-32-54-36-48/h1-36H. The predicted molar refractivity (Wildman–Crippen MR) is 235 cm³/mol. The van der Waals surface area contributed by atoms with Gasteiger partial charge in [-0.15, -0.1) is 10.2 Å². The molecule has 0 saturated heterocycles. The monoisotopic (exact) mass is 728 g/mol. The summed E-state index contributed by atoms with van der Waals surface area (Å²) in [6.45, 7) is 0. The van der Waals surface area contributed by atoms with Crippen LogP contribution in [0, 0.1) is 0 Å². The summed E-state index contributed by atoms with van der Waals surface area (Å²) < 4.78 is 0. The summed E-state index contributed by atoms with van der Waals surface area (Å²) in [7, 11) is 0. The molecule has 0 aliphatic carbocycles. The maximum absolute atomic E-state index is 5.12. The van der Waals surface area contributed by atoms with Crippen LogP contribution in [-0.4, -0.2) is 20.0 Å². The molecule has 0 aliphatic rings. The van der Waals surface area contributed by atoms with E-state index in [9.17, 15) is 0 Å². The van der Waals surface area contributed by atoms with Crippen LogP contribution in [0.2, 0.25) is 0 Å². The quantitative estimate of drug-likeness (QED) is 0.156. The van der Waals surface area contributed by atoms with Crippen molar-refractivity contribution in [3.05, 3.63) is 219 Å². The summed E-state index contributed by atoms with van der Waals surface area (Å²) in [5.74, 6) is 0. The summed E-state index contributed by atoms with van der Waals surface area (Å²) >= 11 is 0. The molecule has 0 saturated carbocycles. The number of rotatable bonds is 8. The Balaban J connectivity index is 1.01. The number of hydrogen-bond acceptors (Lipinski definition) is 3. The van der Waals surface area contributed by atoms with Crippen molar-refractivity contribution in [1.82, 2.24) is 20.0 Å². The fraction of sp³-hybridized carbons (Fsp3) is 0. The highest BCUT2D eigenvalue weighted by molar-refractivity contribution is 5.96. The highest BCUT2D eigenvalue weighted by Gasteiger charge is 2.15. The molecule has 2 aromatic heterocycles. The zero-order valence-corrected chi connectivity index (χ0v) is 31.1. The largest absolute Gasteiger partial charge is 0.264 e. The molecule has 0 unspecified atom stereocenters. The van der Waals surface area contributed by atoms with Gasteiger partial charge in [0.05, 0.1) is 5.69 Å². The van der Waals surface area contributed by atoms with Crippen LogP contribution in [-0.2, 0) is 0 Å². The lowest BCUT2D eigenvalue weighted by Gasteiger charge is -2.10. The topological polar surface area (TPSA) is 43.6 Å². The van der Waals surface area contributed by atoms with Gasteiger partial charge in [0.2, 0.25) is 0 Å². The van der Waals surface area contributed by atoms with Crippen LogP contribution >= 0.6 is 0 Å². The molecule has 0 fully saturated rings. The van der Waals surface area contributed by atoms with Crippen molar-refractivity contribution >= 4 is 11.0 Å². The minimum atomic E-state index is 0.829. The van der Waals surface area contributed by atoms with E-state index in [2.05, 4.69) is 181 Å². The average Bonchev–Trinajstić information content (AvgIpc) is 3.75. The van der Waals surface area contributed by atoms with Gasteiger partial charge in [-0.25, -0.2) is 0 Å². The first-order chi connectivity index (χ1) is 28.2. The first-order valence-corrected chi connectivity index (χ1v) is 19.2. The van der Waals surface area contributed by atoms with Gasteiger partial charge in [0.25, 0.3) is 0 Å². The molecule has 0 bridgehead atoms. The van der Waals surface area contributed by atoms with Crippen molar-refractivity contribution in [2.45, 2.75) is 0 Å². The van der Waals surface area contributed by atoms with E-state index in [1.54, 1.807) is 11.0 Å². The lowest BCUT2D eigenvalue weighted by Crippen LogP contribution is -1.98. The van der Waals surface area contributed by atoms with E-state index in [0.29, 0.717) is 0 Å². The Bertz CT molecular complexity index is 2940. The minimum absolute atomic E-state index is 0.829. The van der Waals surface area contributed by atoms with Gasteiger partial charge in [-0.2, -0.15) is 4.80 Å². The Morgan fingerprint density at radius 2 is 0.737 bits per heavy atom. The predicted octanol–water partition coefficient (Wildman–Crippen LogP) is 13.5. The second kappa shape index (κ2) is 14.9. The molecule has 0 spiro atoms. The first-order valence-electron chi connectivity index (χ1n) is 19.2. The van der Waals surface area contributed by atoms with Gasteiger partial charge < -0.3 is 0 Å². The lowest BCUT2D eigenvalue weighted by molar-refractivity contribution is 0.766. The molecule has 0 atom stereocenters. The number of fused-ring (bicyclic) bond motifs is 1. The number of nitrogens with zero attached hydrogens (tertiary/aromatic N) is 4. The number of hydrogen-bond donors (Lipinski definition) is 0. The molecule has 4 heteroatoms. The van der Waals surface area contributed by atoms with Crippen molar-refractivity contribution < 1.29 is 0 Å². The maximum Gasteiger partial charge on any atom is 0.121 e. The Morgan fingerprint density at radius 1 is 0.298 bits per heavy atom. The normalized spacial score (nSPS) is 11.2. The van der Waals surface area contributed by atoms with Crippen molar-refractivity contribution in [1.29, 1.82) is 0 Å². The van der Waals surface area contributed by atoms with E-state index >= 15 is 0 Å². The van der Waals surface area contributed by atoms with E-state index in [1.807, 2.05) is 36.5 Å². The molecule has 0 aliphatic heterocycles. The van der Waals surface area contributed by atoms with Crippen molar-refractivity contribution in [3.63, 3.8) is 0 Å². The Morgan fingerprint density at radius 3 is 1.23 bits per heavy atom.